The van der Waals surface area contributed by atoms with Crippen molar-refractivity contribution in [1.82, 2.24) is 15.1 Å². The number of nitrogens with one attached hydrogen (secondary N) is 1. The second kappa shape index (κ2) is 9.57. The van der Waals surface area contributed by atoms with Gasteiger partial charge in [-0.1, -0.05) is 25.7 Å². The van der Waals surface area contributed by atoms with Crippen molar-refractivity contribution in [3.8, 4) is 0 Å². The molecule has 5 nitrogen and oxygen atoms in total. The summed E-state index contributed by atoms with van der Waals surface area (Å²) in [6, 6.07) is 0.687. The van der Waals surface area contributed by atoms with Crippen LogP contribution >= 0.6 is 24.0 Å². The molecule has 0 bridgehead atoms. The van der Waals surface area contributed by atoms with Gasteiger partial charge in [-0.15, -0.1) is 24.0 Å². The molecule has 1 unspecified atom stereocenters. The molecule has 3 aliphatic rings. The predicted molar refractivity (Wildman–Crippen MR) is 110 cm³/mol. The van der Waals surface area contributed by atoms with Gasteiger partial charge in [0.15, 0.2) is 5.96 Å². The lowest BCUT2D eigenvalue weighted by molar-refractivity contribution is 0.00818. The van der Waals surface area contributed by atoms with Crippen molar-refractivity contribution in [3.63, 3.8) is 0 Å². The van der Waals surface area contributed by atoms with Crippen LogP contribution in [0.25, 0.3) is 0 Å². The van der Waals surface area contributed by atoms with E-state index in [2.05, 4.69) is 20.1 Å². The van der Waals surface area contributed by atoms with Crippen LogP contribution in [0.15, 0.2) is 4.99 Å². The van der Waals surface area contributed by atoms with E-state index < -0.39 is 5.60 Å². The van der Waals surface area contributed by atoms with Crippen LogP contribution in [0.3, 0.4) is 0 Å². The van der Waals surface area contributed by atoms with Crippen LogP contribution in [-0.2, 0) is 0 Å². The maximum Gasteiger partial charge on any atom is 0.193 e. The Morgan fingerprint density at radius 3 is 2.42 bits per heavy atom. The summed E-state index contributed by atoms with van der Waals surface area (Å²) in [4.78, 5) is 9.52. The van der Waals surface area contributed by atoms with Crippen LogP contribution in [0.2, 0.25) is 0 Å². The van der Waals surface area contributed by atoms with Gasteiger partial charge in [0.25, 0.3) is 0 Å². The maximum absolute atomic E-state index is 10.7. The Labute approximate surface area is 164 Å². The zero-order chi connectivity index (χ0) is 16.1. The number of rotatable bonds is 3. The van der Waals surface area contributed by atoms with Crippen molar-refractivity contribution >= 4 is 29.9 Å². The lowest BCUT2D eigenvalue weighted by Crippen LogP contribution is -2.49. The molecule has 2 heterocycles. The minimum Gasteiger partial charge on any atom is -0.388 e. The number of hydrogen-bond acceptors (Lipinski definition) is 3. The highest BCUT2D eigenvalue weighted by Gasteiger charge is 2.32. The van der Waals surface area contributed by atoms with E-state index in [0.717, 1.165) is 44.7 Å². The maximum atomic E-state index is 10.7. The molecule has 0 radical (unpaired) electrons. The molecule has 0 amide bonds. The zero-order valence-electron chi connectivity index (χ0n) is 15.2. The average molecular weight is 450 g/mol. The summed E-state index contributed by atoms with van der Waals surface area (Å²) in [7, 11) is 1.86. The van der Waals surface area contributed by atoms with E-state index in [4.69, 9.17) is 0 Å². The third-order valence-electron chi connectivity index (χ3n) is 5.94. The lowest BCUT2D eigenvalue weighted by Gasteiger charge is -2.34. The van der Waals surface area contributed by atoms with Crippen molar-refractivity contribution in [2.75, 3.05) is 39.8 Å². The highest BCUT2D eigenvalue weighted by atomic mass is 127. The first kappa shape index (κ1) is 20.2. The standard InChI is InChI=1S/C18H34N4O.HI/c1-19-17(20-15-18(23)9-4-2-5-10-18)22-13-8-16(14-22)21-11-6-3-7-12-21;/h16,23H,2-15H2,1H3,(H,19,20);1H. The van der Waals surface area contributed by atoms with Crippen LogP contribution in [0.5, 0.6) is 0 Å². The summed E-state index contributed by atoms with van der Waals surface area (Å²) >= 11 is 0. The summed E-state index contributed by atoms with van der Waals surface area (Å²) in [5, 5.41) is 14.1. The first-order chi connectivity index (χ1) is 11.2. The topological polar surface area (TPSA) is 51.1 Å². The van der Waals surface area contributed by atoms with E-state index in [1.54, 1.807) is 0 Å². The molecule has 0 aromatic carbocycles. The molecular formula is C18H35IN4O. The first-order valence-electron chi connectivity index (χ1n) is 9.62. The SMILES string of the molecule is CN=C(NCC1(O)CCCCC1)N1CCC(N2CCCCC2)C1.I. The van der Waals surface area contributed by atoms with Crippen LogP contribution < -0.4 is 5.32 Å². The summed E-state index contributed by atoms with van der Waals surface area (Å²) in [6.45, 7) is 5.34. The molecule has 1 atom stereocenters. The third-order valence-corrected chi connectivity index (χ3v) is 5.94. The van der Waals surface area contributed by atoms with Gasteiger partial charge in [-0.2, -0.15) is 0 Å². The molecule has 3 fully saturated rings. The molecule has 0 spiro atoms. The van der Waals surface area contributed by atoms with Gasteiger partial charge in [-0.05, 0) is 45.2 Å². The summed E-state index contributed by atoms with van der Waals surface area (Å²) < 4.78 is 0. The molecule has 1 aliphatic carbocycles. The van der Waals surface area contributed by atoms with Gasteiger partial charge in [-0.3, -0.25) is 9.89 Å². The summed E-state index contributed by atoms with van der Waals surface area (Å²) in [6.07, 6.45) is 10.8. The van der Waals surface area contributed by atoms with Crippen molar-refractivity contribution in [2.45, 2.75) is 69.4 Å². The first-order valence-corrected chi connectivity index (χ1v) is 9.62. The Bertz CT molecular complexity index is 406. The minimum absolute atomic E-state index is 0. The summed E-state index contributed by atoms with van der Waals surface area (Å²) in [5.41, 5.74) is -0.528. The number of piperidine rings is 1. The normalized spacial score (nSPS) is 28.5. The molecule has 2 N–H and O–H groups in total. The quantitative estimate of drug-likeness (QED) is 0.394. The highest BCUT2D eigenvalue weighted by Crippen LogP contribution is 2.27. The molecule has 2 aliphatic heterocycles. The van der Waals surface area contributed by atoms with Gasteiger partial charge >= 0.3 is 0 Å². The molecule has 2 saturated heterocycles. The van der Waals surface area contributed by atoms with Crippen LogP contribution in [-0.4, -0.2) is 72.3 Å². The number of halogens is 1. The molecule has 0 aromatic rings. The van der Waals surface area contributed by atoms with E-state index in [1.165, 1.54) is 45.2 Å². The lowest BCUT2D eigenvalue weighted by atomic mass is 9.85. The minimum atomic E-state index is -0.528. The van der Waals surface area contributed by atoms with Gasteiger partial charge in [-0.25, -0.2) is 0 Å². The van der Waals surface area contributed by atoms with Crippen molar-refractivity contribution in [3.05, 3.63) is 0 Å². The largest absolute Gasteiger partial charge is 0.388 e. The van der Waals surface area contributed by atoms with Gasteiger partial charge in [0.05, 0.1) is 5.60 Å². The van der Waals surface area contributed by atoms with Gasteiger partial charge in [0, 0.05) is 32.7 Å². The Kier molecular flexibility index (Phi) is 8.07. The monoisotopic (exact) mass is 450 g/mol. The second-order valence-corrected chi connectivity index (χ2v) is 7.67. The fourth-order valence-corrected chi connectivity index (χ4v) is 4.48. The van der Waals surface area contributed by atoms with Gasteiger partial charge in [0.1, 0.15) is 0 Å². The predicted octanol–water partition coefficient (Wildman–Crippen LogP) is 2.44. The number of guanidine groups is 1. The highest BCUT2D eigenvalue weighted by molar-refractivity contribution is 14.0. The van der Waals surface area contributed by atoms with E-state index in [-0.39, 0.29) is 24.0 Å². The van der Waals surface area contributed by atoms with Crippen LogP contribution in [0.4, 0.5) is 0 Å². The summed E-state index contributed by atoms with van der Waals surface area (Å²) in [5.74, 6) is 0.975. The Morgan fingerprint density at radius 1 is 1.08 bits per heavy atom. The smallest absolute Gasteiger partial charge is 0.193 e. The Morgan fingerprint density at radius 2 is 1.75 bits per heavy atom. The fraction of sp³-hybridized carbons (Fsp3) is 0.944. The number of aliphatic imine (C=N–C) groups is 1. The number of nitrogens with zero attached hydrogens (tertiary/aromatic N) is 3. The van der Waals surface area contributed by atoms with Crippen LogP contribution in [0.1, 0.15) is 57.8 Å². The Balaban J connectivity index is 0.00000208. The molecule has 140 valence electrons. The fourth-order valence-electron chi connectivity index (χ4n) is 4.48. The number of likely N-dealkylation sites (tertiary alicyclic amines) is 2. The van der Waals surface area contributed by atoms with E-state index in [0.29, 0.717) is 12.6 Å². The third kappa shape index (κ3) is 5.21. The van der Waals surface area contributed by atoms with E-state index in [1.807, 2.05) is 7.05 Å². The van der Waals surface area contributed by atoms with Crippen molar-refractivity contribution in [2.24, 2.45) is 4.99 Å². The molecule has 1 saturated carbocycles. The number of hydrogen-bond donors (Lipinski definition) is 2. The molecule has 0 aromatic heterocycles. The zero-order valence-corrected chi connectivity index (χ0v) is 17.5. The molecular weight excluding hydrogens is 415 g/mol. The van der Waals surface area contributed by atoms with Crippen molar-refractivity contribution in [1.29, 1.82) is 0 Å². The van der Waals surface area contributed by atoms with Gasteiger partial charge < -0.3 is 15.3 Å². The molecule has 3 rings (SSSR count). The number of aliphatic hydroxyl groups is 1. The van der Waals surface area contributed by atoms with E-state index >= 15 is 0 Å². The van der Waals surface area contributed by atoms with E-state index in [9.17, 15) is 5.11 Å². The van der Waals surface area contributed by atoms with Crippen LogP contribution in [0, 0.1) is 0 Å². The molecule has 6 heteroatoms. The second-order valence-electron chi connectivity index (χ2n) is 7.67. The van der Waals surface area contributed by atoms with Crippen molar-refractivity contribution < 1.29 is 5.11 Å². The van der Waals surface area contributed by atoms with Gasteiger partial charge in [0.2, 0.25) is 0 Å². The molecule has 24 heavy (non-hydrogen) atoms. The Hall–Kier alpha value is -0.0800. The average Bonchev–Trinajstić information content (AvgIpc) is 3.07.